The zero-order chi connectivity index (χ0) is 35.1. The predicted octanol–water partition coefficient (Wildman–Crippen LogP) is 6.99. The summed E-state index contributed by atoms with van der Waals surface area (Å²) in [5.74, 6) is -0.381. The van der Waals surface area contributed by atoms with Crippen LogP contribution in [0, 0.1) is 0 Å². The fourth-order valence-corrected chi connectivity index (χ4v) is 6.38. The maximum Gasteiger partial charge on any atom is 0.243 e. The summed E-state index contributed by atoms with van der Waals surface area (Å²) in [6, 6.07) is 34.7. The van der Waals surface area contributed by atoms with Gasteiger partial charge in [0.05, 0.1) is 18.8 Å². The third kappa shape index (κ3) is 11.1. The molecule has 50 heavy (non-hydrogen) atoms. The Labute approximate surface area is 295 Å². The average Bonchev–Trinajstić information content (AvgIpc) is 3.15. The summed E-state index contributed by atoms with van der Waals surface area (Å²) in [5.41, 5.74) is 8.88. The number of ether oxygens (including phenoxy) is 2. The van der Waals surface area contributed by atoms with Gasteiger partial charge in [0.25, 0.3) is 0 Å². The van der Waals surface area contributed by atoms with Crippen LogP contribution < -0.4 is 10.8 Å². The first-order valence-electron chi connectivity index (χ1n) is 17.5. The molecule has 0 bridgehead atoms. The molecule has 1 aliphatic rings. The summed E-state index contributed by atoms with van der Waals surface area (Å²) in [4.78, 5) is 26.0. The lowest BCUT2D eigenvalue weighted by Gasteiger charge is -2.38. The zero-order valence-electron chi connectivity index (χ0n) is 28.8. The lowest BCUT2D eigenvalue weighted by molar-refractivity contribution is -0.252. The van der Waals surface area contributed by atoms with Crippen molar-refractivity contribution in [3.05, 3.63) is 131 Å². The molecule has 9 nitrogen and oxygen atoms in total. The van der Waals surface area contributed by atoms with E-state index in [0.717, 1.165) is 65.7 Å². The highest BCUT2D eigenvalue weighted by Crippen LogP contribution is 2.39. The minimum absolute atomic E-state index is 0.000583. The number of unbranched alkanes of at least 4 members (excludes halogenated alkanes) is 3. The number of benzene rings is 4. The van der Waals surface area contributed by atoms with Gasteiger partial charge >= 0.3 is 0 Å². The second kappa shape index (κ2) is 19.1. The molecule has 1 fully saturated rings. The van der Waals surface area contributed by atoms with Gasteiger partial charge in [-0.05, 0) is 53.3 Å². The molecule has 3 atom stereocenters. The number of aliphatic hydroxyl groups is 1. The van der Waals surface area contributed by atoms with Crippen molar-refractivity contribution in [2.75, 3.05) is 13.6 Å². The van der Waals surface area contributed by atoms with Crippen molar-refractivity contribution in [3.8, 4) is 11.1 Å². The first-order chi connectivity index (χ1) is 24.4. The molecule has 264 valence electrons. The number of carbonyl (C=O) groups is 2. The fourth-order valence-electron chi connectivity index (χ4n) is 6.38. The maximum atomic E-state index is 12.6. The Morgan fingerprint density at radius 3 is 2.12 bits per heavy atom. The molecule has 1 aliphatic heterocycles. The van der Waals surface area contributed by atoms with Gasteiger partial charge in [-0.3, -0.25) is 19.7 Å². The number of nitrogens with one attached hydrogen (secondary N) is 2. The average molecular weight is 680 g/mol. The smallest absolute Gasteiger partial charge is 0.243 e. The van der Waals surface area contributed by atoms with Gasteiger partial charge in [0.15, 0.2) is 6.29 Å². The first kappa shape index (κ1) is 36.9. The summed E-state index contributed by atoms with van der Waals surface area (Å²) < 4.78 is 13.2. The van der Waals surface area contributed by atoms with Crippen molar-refractivity contribution in [1.29, 1.82) is 0 Å². The Kier molecular flexibility index (Phi) is 14.1. The molecule has 0 unspecified atom stereocenters. The van der Waals surface area contributed by atoms with Gasteiger partial charge in [-0.15, -0.1) is 0 Å². The van der Waals surface area contributed by atoms with Crippen LogP contribution in [0.3, 0.4) is 0 Å². The number of hydroxylamine groups is 1. The van der Waals surface area contributed by atoms with Gasteiger partial charge in [-0.2, -0.15) is 0 Å². The number of carbonyl (C=O) groups excluding carboxylic acids is 2. The lowest BCUT2D eigenvalue weighted by Crippen LogP contribution is -2.37. The van der Waals surface area contributed by atoms with E-state index in [0.29, 0.717) is 25.8 Å². The normalized spacial score (nSPS) is 17.4. The van der Waals surface area contributed by atoms with E-state index in [2.05, 4.69) is 71.9 Å². The van der Waals surface area contributed by atoms with E-state index < -0.39 is 6.29 Å². The summed E-state index contributed by atoms with van der Waals surface area (Å²) >= 11 is 0. The molecule has 2 amide bonds. The van der Waals surface area contributed by atoms with Crippen molar-refractivity contribution in [3.63, 3.8) is 0 Å². The van der Waals surface area contributed by atoms with Crippen LogP contribution in [-0.4, -0.2) is 46.7 Å². The highest BCUT2D eigenvalue weighted by atomic mass is 16.7. The quantitative estimate of drug-likeness (QED) is 0.0540. The second-order valence-electron chi connectivity index (χ2n) is 13.0. The van der Waals surface area contributed by atoms with E-state index in [4.69, 9.17) is 14.7 Å². The van der Waals surface area contributed by atoms with Crippen molar-refractivity contribution in [2.45, 2.75) is 83.1 Å². The Morgan fingerprint density at radius 2 is 1.42 bits per heavy atom. The SMILES string of the molecule is CN(Cc1ccccc1)C[C@H]1C[C@@H](c2ccc(CO)cc2)O[C@@H](c2ccc(-c3ccccc3CNC(=O)CCCCCCC(=O)NO)cc2)O1. The Balaban J connectivity index is 1.22. The highest BCUT2D eigenvalue weighted by molar-refractivity contribution is 5.76. The van der Waals surface area contributed by atoms with E-state index in [1.807, 2.05) is 48.5 Å². The molecule has 5 rings (SSSR count). The zero-order valence-corrected chi connectivity index (χ0v) is 28.8. The van der Waals surface area contributed by atoms with E-state index in [9.17, 15) is 14.7 Å². The van der Waals surface area contributed by atoms with Crippen LogP contribution in [0.25, 0.3) is 11.1 Å². The number of hydrogen-bond acceptors (Lipinski definition) is 7. The molecule has 4 N–H and O–H groups in total. The molecule has 0 saturated carbocycles. The molecule has 0 spiro atoms. The summed E-state index contributed by atoms with van der Waals surface area (Å²) in [7, 11) is 2.12. The van der Waals surface area contributed by atoms with Gasteiger partial charge in [0.1, 0.15) is 0 Å². The van der Waals surface area contributed by atoms with E-state index >= 15 is 0 Å². The molecule has 0 aromatic heterocycles. The van der Waals surface area contributed by atoms with Crippen LogP contribution in [-0.2, 0) is 38.8 Å². The number of rotatable bonds is 17. The predicted molar refractivity (Wildman–Crippen MR) is 193 cm³/mol. The van der Waals surface area contributed by atoms with Crippen LogP contribution in [0.1, 0.15) is 85.2 Å². The van der Waals surface area contributed by atoms with Crippen molar-refractivity contribution >= 4 is 11.8 Å². The summed E-state index contributed by atoms with van der Waals surface area (Å²) in [6.45, 7) is 2.00. The standard InChI is InChI=1S/C41H49N3O6/c1-44(27-30-11-5-4-6-12-30)28-36-25-38(33-19-17-31(29-45)18-20-33)50-41(49-36)34-23-21-32(22-24-34)37-14-10-9-13-35(37)26-42-39(46)15-7-2-3-8-16-40(47)43-48/h4-6,9-14,17-24,36,38,41,45,48H,2-3,7-8,15-16,25-29H2,1H3,(H,42,46)(H,43,47)/t36-,38+,41+/m1/s1. The van der Waals surface area contributed by atoms with E-state index in [-0.39, 0.29) is 37.0 Å². The van der Waals surface area contributed by atoms with Crippen molar-refractivity contribution in [2.24, 2.45) is 0 Å². The third-order valence-electron chi connectivity index (χ3n) is 9.10. The molecule has 0 radical (unpaired) electrons. The minimum atomic E-state index is -0.545. The van der Waals surface area contributed by atoms with Crippen molar-refractivity contribution < 1.29 is 29.4 Å². The van der Waals surface area contributed by atoms with Gasteiger partial charge in [-0.25, -0.2) is 5.48 Å². The van der Waals surface area contributed by atoms with Crippen LogP contribution in [0.15, 0.2) is 103 Å². The number of aliphatic hydroxyl groups excluding tert-OH is 1. The molecule has 4 aromatic carbocycles. The highest BCUT2D eigenvalue weighted by Gasteiger charge is 2.33. The number of amides is 2. The van der Waals surface area contributed by atoms with Crippen molar-refractivity contribution in [1.82, 2.24) is 15.7 Å². The van der Waals surface area contributed by atoms with Crippen LogP contribution in [0.2, 0.25) is 0 Å². The van der Waals surface area contributed by atoms with Crippen LogP contribution >= 0.6 is 0 Å². The Bertz CT molecular complexity index is 1630. The first-order valence-corrected chi connectivity index (χ1v) is 17.5. The monoisotopic (exact) mass is 679 g/mol. The minimum Gasteiger partial charge on any atom is -0.392 e. The van der Waals surface area contributed by atoms with Crippen LogP contribution in [0.5, 0.6) is 0 Å². The van der Waals surface area contributed by atoms with Gasteiger partial charge in [-0.1, -0.05) is 116 Å². The molecular formula is C41H49N3O6. The Morgan fingerprint density at radius 1 is 0.760 bits per heavy atom. The molecule has 9 heteroatoms. The number of nitrogens with zero attached hydrogens (tertiary/aromatic N) is 1. The van der Waals surface area contributed by atoms with Crippen LogP contribution in [0.4, 0.5) is 0 Å². The van der Waals surface area contributed by atoms with Gasteiger partial charge in [0, 0.05) is 44.5 Å². The summed E-state index contributed by atoms with van der Waals surface area (Å²) in [5, 5.41) is 21.2. The Hall–Kier alpha value is -4.38. The number of likely N-dealkylation sites (N-methyl/N-ethyl adjacent to an activating group) is 1. The number of hydrogen-bond donors (Lipinski definition) is 4. The molecule has 4 aromatic rings. The van der Waals surface area contributed by atoms with E-state index in [1.165, 1.54) is 5.56 Å². The molecule has 1 saturated heterocycles. The molecule has 1 heterocycles. The molecule has 0 aliphatic carbocycles. The van der Waals surface area contributed by atoms with Gasteiger partial charge < -0.3 is 19.9 Å². The van der Waals surface area contributed by atoms with E-state index in [1.54, 1.807) is 5.48 Å². The van der Waals surface area contributed by atoms with Gasteiger partial charge in [0.2, 0.25) is 11.8 Å². The fraction of sp³-hybridized carbons (Fsp3) is 0.366. The topological polar surface area (TPSA) is 120 Å². The molecular weight excluding hydrogens is 630 g/mol. The second-order valence-corrected chi connectivity index (χ2v) is 13.0. The lowest BCUT2D eigenvalue weighted by atomic mass is 9.97. The largest absolute Gasteiger partial charge is 0.392 e. The third-order valence-corrected chi connectivity index (χ3v) is 9.10. The maximum absolute atomic E-state index is 12.6. The summed E-state index contributed by atoms with van der Waals surface area (Å²) in [6.07, 6.45) is 3.80.